The minimum atomic E-state index is 0.327. The zero-order chi connectivity index (χ0) is 34.2. The van der Waals surface area contributed by atoms with Crippen LogP contribution in [0.4, 0.5) is 17.1 Å². The van der Waals surface area contributed by atoms with E-state index in [0.29, 0.717) is 14.5 Å². The van der Waals surface area contributed by atoms with Gasteiger partial charge in [0.15, 0.2) is 0 Å². The SMILES string of the molecule is c1ccc(-n2c3ccccc3c3ccc(-c4ccc(N(c5ccc6[se]c7ccccc7c6c5)c5cccc6sc7ccccc7c56)cc4)cc32)cc1. The van der Waals surface area contributed by atoms with Gasteiger partial charge in [0.05, 0.1) is 5.52 Å². The second-order valence-electron chi connectivity index (χ2n) is 13.3. The third-order valence-electron chi connectivity index (χ3n) is 10.4. The van der Waals surface area contributed by atoms with Gasteiger partial charge in [0.25, 0.3) is 0 Å². The smallest absolute Gasteiger partial charge is 0.0602 e. The van der Waals surface area contributed by atoms with Gasteiger partial charge in [-0.1, -0.05) is 36.4 Å². The van der Waals surface area contributed by atoms with E-state index in [1.165, 1.54) is 89.5 Å². The molecule has 0 N–H and O–H groups in total. The van der Waals surface area contributed by atoms with E-state index >= 15 is 0 Å². The van der Waals surface area contributed by atoms with Gasteiger partial charge in [0.1, 0.15) is 0 Å². The monoisotopic (exact) mass is 746 g/mol. The van der Waals surface area contributed by atoms with Crippen LogP contribution in [0.1, 0.15) is 0 Å². The second-order valence-corrected chi connectivity index (χ2v) is 16.7. The molecule has 0 atom stereocenters. The number of hydrogen-bond donors (Lipinski definition) is 0. The third kappa shape index (κ3) is 4.62. The molecule has 0 aliphatic carbocycles. The molecule has 11 aromatic rings. The molecule has 8 aromatic carbocycles. The fraction of sp³-hybridized carbons (Fsp3) is 0. The number of aromatic nitrogens is 1. The number of fused-ring (bicyclic) bond motifs is 9. The van der Waals surface area contributed by atoms with Crippen LogP contribution in [0.15, 0.2) is 182 Å². The van der Waals surface area contributed by atoms with Gasteiger partial charge in [-0.25, -0.2) is 0 Å². The van der Waals surface area contributed by atoms with Gasteiger partial charge >= 0.3 is 231 Å². The van der Waals surface area contributed by atoms with Gasteiger partial charge in [-0.05, 0) is 18.2 Å². The van der Waals surface area contributed by atoms with Crippen molar-refractivity contribution in [1.82, 2.24) is 4.57 Å². The minimum Gasteiger partial charge on any atom is -0.0602 e. The molecule has 3 heterocycles. The van der Waals surface area contributed by atoms with E-state index in [0.717, 1.165) is 5.69 Å². The summed E-state index contributed by atoms with van der Waals surface area (Å²) < 4.78 is 7.93. The van der Waals surface area contributed by atoms with Gasteiger partial charge in [-0.3, -0.25) is 0 Å². The molecular weight excluding hydrogens is 716 g/mol. The first-order chi connectivity index (χ1) is 25.8. The first-order valence-corrected chi connectivity index (χ1v) is 20.1. The van der Waals surface area contributed by atoms with E-state index in [-0.39, 0.29) is 0 Å². The number of hydrogen-bond acceptors (Lipinski definition) is 2. The predicted molar refractivity (Wildman–Crippen MR) is 226 cm³/mol. The Balaban J connectivity index is 1.09. The van der Waals surface area contributed by atoms with Crippen LogP contribution in [0.2, 0.25) is 0 Å². The van der Waals surface area contributed by atoms with E-state index in [1.54, 1.807) is 0 Å². The van der Waals surface area contributed by atoms with Crippen LogP contribution in [-0.4, -0.2) is 19.1 Å². The Morgan fingerprint density at radius 1 is 0.423 bits per heavy atom. The summed E-state index contributed by atoms with van der Waals surface area (Å²) >= 11 is 2.20. The summed E-state index contributed by atoms with van der Waals surface area (Å²) in [6.07, 6.45) is 0. The predicted octanol–water partition coefficient (Wildman–Crippen LogP) is 13.7. The molecule has 0 fully saturated rings. The molecule has 0 bridgehead atoms. The number of para-hydroxylation sites is 2. The van der Waals surface area contributed by atoms with Gasteiger partial charge in [0.2, 0.25) is 0 Å². The summed E-state index contributed by atoms with van der Waals surface area (Å²) in [4.78, 5) is 2.47. The maximum absolute atomic E-state index is 2.47. The van der Waals surface area contributed by atoms with Crippen molar-refractivity contribution in [1.29, 1.82) is 0 Å². The van der Waals surface area contributed by atoms with Crippen LogP contribution in [-0.2, 0) is 0 Å². The van der Waals surface area contributed by atoms with Gasteiger partial charge in [0, 0.05) is 16.5 Å². The Bertz CT molecular complexity index is 3130. The molecule has 0 saturated carbocycles. The first kappa shape index (κ1) is 29.8. The van der Waals surface area contributed by atoms with Crippen LogP contribution in [0.25, 0.3) is 78.1 Å². The average molecular weight is 746 g/mol. The summed E-state index contributed by atoms with van der Waals surface area (Å²) in [5, 5.41) is 7.87. The Labute approximate surface area is 310 Å². The van der Waals surface area contributed by atoms with Crippen molar-refractivity contribution in [2.24, 2.45) is 0 Å². The first-order valence-electron chi connectivity index (χ1n) is 17.6. The van der Waals surface area contributed by atoms with E-state index in [4.69, 9.17) is 0 Å². The molecule has 52 heavy (non-hydrogen) atoms. The Morgan fingerprint density at radius 2 is 1.10 bits per heavy atom. The van der Waals surface area contributed by atoms with Crippen LogP contribution in [0.3, 0.4) is 0 Å². The van der Waals surface area contributed by atoms with Crippen molar-refractivity contribution < 1.29 is 0 Å². The number of thiophene rings is 1. The summed E-state index contributed by atoms with van der Waals surface area (Å²) in [6, 6.07) is 67.1. The van der Waals surface area contributed by atoms with E-state index in [2.05, 4.69) is 191 Å². The summed E-state index contributed by atoms with van der Waals surface area (Å²) in [7, 11) is 0. The quantitative estimate of drug-likeness (QED) is 0.159. The molecule has 244 valence electrons. The molecule has 0 amide bonds. The maximum atomic E-state index is 2.47. The van der Waals surface area contributed by atoms with Crippen molar-refractivity contribution in [3.8, 4) is 16.8 Å². The summed E-state index contributed by atoms with van der Waals surface area (Å²) in [5.74, 6) is 0. The minimum absolute atomic E-state index is 0.327. The van der Waals surface area contributed by atoms with Crippen molar-refractivity contribution >= 4 is 104 Å². The molecule has 3 aromatic heterocycles. The summed E-state index contributed by atoms with van der Waals surface area (Å²) in [6.45, 7) is 0. The normalized spacial score (nSPS) is 11.8. The average Bonchev–Trinajstić information content (AvgIpc) is 3.88. The van der Waals surface area contributed by atoms with Gasteiger partial charge < -0.3 is 4.57 Å². The van der Waals surface area contributed by atoms with Crippen LogP contribution >= 0.6 is 11.3 Å². The standard InChI is InChI=1S/C48H30N2SSe/c1-2-11-33(12-3-1)50-41-16-7-4-13-36(41)37-27-23-32(29-43(37)50)31-21-24-34(25-22-31)49(35-26-28-47-40(30-35)38-14-6-9-20-46(38)52-47)42-17-10-19-45-48(42)39-15-5-8-18-44(39)51-45/h1-30H. The van der Waals surface area contributed by atoms with Crippen LogP contribution in [0.5, 0.6) is 0 Å². The molecule has 0 aliphatic heterocycles. The Hall–Kier alpha value is -5.90. The number of rotatable bonds is 5. The Morgan fingerprint density at radius 3 is 1.98 bits per heavy atom. The Kier molecular flexibility index (Phi) is 6.78. The molecule has 0 saturated heterocycles. The number of benzene rings is 8. The number of anilines is 3. The van der Waals surface area contributed by atoms with Crippen molar-refractivity contribution in [2.45, 2.75) is 0 Å². The van der Waals surface area contributed by atoms with Crippen LogP contribution < -0.4 is 4.90 Å². The van der Waals surface area contributed by atoms with Crippen molar-refractivity contribution in [2.75, 3.05) is 4.90 Å². The van der Waals surface area contributed by atoms with E-state index in [1.807, 2.05) is 11.3 Å². The molecule has 4 heteroatoms. The molecular formula is C48H30N2SSe. The third-order valence-corrected chi connectivity index (χ3v) is 13.9. The van der Waals surface area contributed by atoms with Crippen LogP contribution in [0, 0.1) is 0 Å². The zero-order valence-corrected chi connectivity index (χ0v) is 30.6. The van der Waals surface area contributed by atoms with E-state index in [9.17, 15) is 0 Å². The number of nitrogens with zero attached hydrogens (tertiary/aromatic N) is 2. The molecule has 0 radical (unpaired) electrons. The van der Waals surface area contributed by atoms with Gasteiger partial charge in [-0.15, -0.1) is 0 Å². The molecule has 2 nitrogen and oxygen atoms in total. The fourth-order valence-electron chi connectivity index (χ4n) is 8.03. The van der Waals surface area contributed by atoms with Gasteiger partial charge in [-0.2, -0.15) is 0 Å². The van der Waals surface area contributed by atoms with Crippen molar-refractivity contribution in [3.63, 3.8) is 0 Å². The second kappa shape index (κ2) is 11.8. The topological polar surface area (TPSA) is 8.17 Å². The molecule has 11 rings (SSSR count). The summed E-state index contributed by atoms with van der Waals surface area (Å²) in [5.41, 5.74) is 9.52. The van der Waals surface area contributed by atoms with E-state index < -0.39 is 0 Å². The fourth-order valence-corrected chi connectivity index (χ4v) is 11.4. The molecule has 0 aliphatic rings. The van der Waals surface area contributed by atoms with Crippen molar-refractivity contribution in [3.05, 3.63) is 182 Å². The molecule has 0 spiro atoms. The zero-order valence-electron chi connectivity index (χ0n) is 28.0. The molecule has 0 unspecified atom stereocenters.